The van der Waals surface area contributed by atoms with Gasteiger partial charge in [0.2, 0.25) is 5.95 Å². The molecule has 0 spiro atoms. The highest BCUT2D eigenvalue weighted by molar-refractivity contribution is 5.73. The predicted octanol–water partition coefficient (Wildman–Crippen LogP) is 3.45. The summed E-state index contributed by atoms with van der Waals surface area (Å²) in [6.45, 7) is 3.50. The van der Waals surface area contributed by atoms with Gasteiger partial charge in [-0.15, -0.1) is 0 Å². The molecule has 0 amide bonds. The maximum atomic E-state index is 10.6. The fraction of sp³-hybridized carbons (Fsp3) is 0.545. The Morgan fingerprint density at radius 1 is 1.05 bits per heavy atom. The lowest BCUT2D eigenvalue weighted by Gasteiger charge is -2.48. The summed E-state index contributed by atoms with van der Waals surface area (Å²) in [7, 11) is 2.15. The normalized spacial score (nSPS) is 21.4. The van der Waals surface area contributed by atoms with Crippen LogP contribution in [-0.4, -0.2) is 88.3 Å². The minimum atomic E-state index is -5.08. The lowest BCUT2D eigenvalue weighted by molar-refractivity contribution is -0.193. The Labute approximate surface area is 212 Å². The molecule has 2 N–H and O–H groups in total. The summed E-state index contributed by atoms with van der Waals surface area (Å²) >= 11 is 0. The SMILES string of the molecule is CN(Cc1ccco1)[C@@H]1CN(c2ncccn2)C[C@@H]2CCCO[C@@H]21.O=C(O)C(F)(F)F.O=C(O)C(F)(F)F. The first-order chi connectivity index (χ1) is 17.7. The van der Waals surface area contributed by atoms with E-state index in [1.54, 1.807) is 6.26 Å². The number of carboxylic acids is 2. The molecule has 16 heteroatoms. The van der Waals surface area contributed by atoms with Gasteiger partial charge in [0.25, 0.3) is 0 Å². The standard InChI is InChI=1S/C18H24N4O2.2C2HF3O2/c1-21(12-15-6-3-9-23-15)16-13-22(18-19-7-4-8-20-18)11-14-5-2-10-24-17(14)16;2*3-2(4,5)1(6)7/h3-4,6-9,14,16-17H,2,5,10-13H2,1H3;2*(H,6,7)/t14-,16+,17-;;/m0../s1. The van der Waals surface area contributed by atoms with Crippen LogP contribution >= 0.6 is 0 Å². The number of ether oxygens (including phenoxy) is 1. The van der Waals surface area contributed by atoms with Crippen LogP contribution in [0, 0.1) is 5.92 Å². The van der Waals surface area contributed by atoms with Crippen molar-refractivity contribution in [3.8, 4) is 0 Å². The molecule has 2 aromatic heterocycles. The van der Waals surface area contributed by atoms with E-state index in [1.807, 2.05) is 30.6 Å². The van der Waals surface area contributed by atoms with E-state index in [0.717, 1.165) is 44.4 Å². The molecule has 10 nitrogen and oxygen atoms in total. The zero-order chi connectivity index (χ0) is 28.5. The van der Waals surface area contributed by atoms with Crippen molar-refractivity contribution in [1.82, 2.24) is 14.9 Å². The van der Waals surface area contributed by atoms with Gasteiger partial charge in [0, 0.05) is 38.0 Å². The largest absolute Gasteiger partial charge is 0.490 e. The Balaban J connectivity index is 0.000000301. The number of nitrogens with zero attached hydrogens (tertiary/aromatic N) is 4. The molecule has 0 radical (unpaired) electrons. The summed E-state index contributed by atoms with van der Waals surface area (Å²) in [6.07, 6.45) is -2.19. The Kier molecular flexibility index (Phi) is 10.9. The number of alkyl halides is 6. The van der Waals surface area contributed by atoms with Crippen LogP contribution in [0.2, 0.25) is 0 Å². The molecule has 2 aromatic rings. The van der Waals surface area contributed by atoms with E-state index in [0.29, 0.717) is 12.0 Å². The van der Waals surface area contributed by atoms with E-state index in [1.165, 1.54) is 6.42 Å². The molecule has 212 valence electrons. The van der Waals surface area contributed by atoms with Gasteiger partial charge in [-0.25, -0.2) is 19.6 Å². The summed E-state index contributed by atoms with van der Waals surface area (Å²) in [4.78, 5) is 31.3. The molecule has 0 aliphatic carbocycles. The maximum absolute atomic E-state index is 10.6. The number of likely N-dealkylation sites (N-methyl/N-ethyl adjacent to an activating group) is 1. The molecule has 0 bridgehead atoms. The third-order valence-corrected chi connectivity index (χ3v) is 5.61. The maximum Gasteiger partial charge on any atom is 0.490 e. The van der Waals surface area contributed by atoms with Crippen LogP contribution in [0.25, 0.3) is 0 Å². The number of piperidine rings is 1. The van der Waals surface area contributed by atoms with Crippen molar-refractivity contribution in [3.05, 3.63) is 42.6 Å². The molecule has 2 fully saturated rings. The Morgan fingerprint density at radius 3 is 2.13 bits per heavy atom. The van der Waals surface area contributed by atoms with Gasteiger partial charge in [-0.2, -0.15) is 26.3 Å². The molecule has 2 saturated heterocycles. The summed E-state index contributed by atoms with van der Waals surface area (Å²) in [6, 6.07) is 6.13. The number of furan rings is 1. The summed E-state index contributed by atoms with van der Waals surface area (Å²) in [5.74, 6) is -3.18. The van der Waals surface area contributed by atoms with Crippen molar-refractivity contribution in [2.75, 3.05) is 31.6 Å². The van der Waals surface area contributed by atoms with Crippen LogP contribution in [0.3, 0.4) is 0 Å². The van der Waals surface area contributed by atoms with Crippen LogP contribution in [0.15, 0.2) is 41.3 Å². The highest BCUT2D eigenvalue weighted by atomic mass is 19.4. The highest BCUT2D eigenvalue weighted by Gasteiger charge is 2.42. The van der Waals surface area contributed by atoms with Gasteiger partial charge in [-0.05, 0) is 38.1 Å². The van der Waals surface area contributed by atoms with Gasteiger partial charge >= 0.3 is 24.3 Å². The first-order valence-electron chi connectivity index (χ1n) is 11.2. The second kappa shape index (κ2) is 13.4. The Morgan fingerprint density at radius 2 is 1.63 bits per heavy atom. The van der Waals surface area contributed by atoms with Crippen LogP contribution < -0.4 is 4.90 Å². The van der Waals surface area contributed by atoms with Crippen molar-refractivity contribution in [1.29, 1.82) is 0 Å². The number of rotatable bonds is 4. The Bertz CT molecular complexity index is 982. The summed E-state index contributed by atoms with van der Waals surface area (Å²) in [5, 5.41) is 14.2. The lowest BCUT2D eigenvalue weighted by atomic mass is 9.85. The highest BCUT2D eigenvalue weighted by Crippen LogP contribution is 2.32. The average molecular weight is 556 g/mol. The minimum absolute atomic E-state index is 0.277. The monoisotopic (exact) mass is 556 g/mol. The molecule has 2 aliphatic heterocycles. The van der Waals surface area contributed by atoms with E-state index in [9.17, 15) is 26.3 Å². The number of carboxylic acid groups (broad SMARTS) is 2. The number of halogens is 6. The topological polar surface area (TPSA) is 129 Å². The van der Waals surface area contributed by atoms with Crippen molar-refractivity contribution in [2.24, 2.45) is 5.92 Å². The van der Waals surface area contributed by atoms with Gasteiger partial charge in [-0.1, -0.05) is 0 Å². The minimum Gasteiger partial charge on any atom is -0.475 e. The van der Waals surface area contributed by atoms with Gasteiger partial charge in [0.05, 0.1) is 25.0 Å². The first-order valence-corrected chi connectivity index (χ1v) is 11.2. The van der Waals surface area contributed by atoms with E-state index >= 15 is 0 Å². The van der Waals surface area contributed by atoms with E-state index in [-0.39, 0.29) is 6.10 Å². The first kappa shape index (κ1) is 30.8. The number of aliphatic carboxylic acids is 2. The third-order valence-electron chi connectivity index (χ3n) is 5.61. The van der Waals surface area contributed by atoms with E-state index in [2.05, 4.69) is 26.8 Å². The smallest absolute Gasteiger partial charge is 0.475 e. The quantitative estimate of drug-likeness (QED) is 0.541. The Hall–Kier alpha value is -3.40. The summed E-state index contributed by atoms with van der Waals surface area (Å²) < 4.78 is 75.2. The molecule has 38 heavy (non-hydrogen) atoms. The van der Waals surface area contributed by atoms with Crippen molar-refractivity contribution in [3.63, 3.8) is 0 Å². The fourth-order valence-corrected chi connectivity index (χ4v) is 3.95. The van der Waals surface area contributed by atoms with Crippen molar-refractivity contribution in [2.45, 2.75) is 43.9 Å². The molecule has 4 rings (SSSR count). The summed E-state index contributed by atoms with van der Waals surface area (Å²) in [5.41, 5.74) is 0. The number of hydrogen-bond donors (Lipinski definition) is 2. The number of anilines is 1. The van der Waals surface area contributed by atoms with Crippen molar-refractivity contribution >= 4 is 17.9 Å². The predicted molar refractivity (Wildman–Crippen MR) is 118 cm³/mol. The van der Waals surface area contributed by atoms with Crippen LogP contribution in [0.4, 0.5) is 32.3 Å². The van der Waals surface area contributed by atoms with Gasteiger partial charge < -0.3 is 24.3 Å². The third kappa shape index (κ3) is 9.48. The lowest BCUT2D eigenvalue weighted by Crippen LogP contribution is -2.60. The van der Waals surface area contributed by atoms with Crippen LogP contribution in [0.1, 0.15) is 18.6 Å². The number of fused-ring (bicyclic) bond motifs is 1. The molecular formula is C22H26F6N4O6. The average Bonchev–Trinajstić information content (AvgIpc) is 3.36. The zero-order valence-electron chi connectivity index (χ0n) is 20.0. The molecule has 0 aromatic carbocycles. The van der Waals surface area contributed by atoms with Crippen LogP contribution in [0.5, 0.6) is 0 Å². The number of hydrogen-bond acceptors (Lipinski definition) is 8. The van der Waals surface area contributed by atoms with Crippen molar-refractivity contribution < 1.29 is 55.3 Å². The fourth-order valence-electron chi connectivity index (χ4n) is 3.95. The second-order valence-electron chi connectivity index (χ2n) is 8.36. The zero-order valence-corrected chi connectivity index (χ0v) is 20.0. The molecular weight excluding hydrogens is 530 g/mol. The van der Waals surface area contributed by atoms with Gasteiger partial charge in [0.1, 0.15) is 5.76 Å². The van der Waals surface area contributed by atoms with Gasteiger partial charge in [0.15, 0.2) is 0 Å². The van der Waals surface area contributed by atoms with E-state index in [4.69, 9.17) is 29.0 Å². The molecule has 2 aliphatic rings. The van der Waals surface area contributed by atoms with Gasteiger partial charge in [-0.3, -0.25) is 4.90 Å². The van der Waals surface area contributed by atoms with E-state index < -0.39 is 24.3 Å². The molecule has 4 heterocycles. The second-order valence-corrected chi connectivity index (χ2v) is 8.36. The van der Waals surface area contributed by atoms with Crippen LogP contribution in [-0.2, 0) is 20.9 Å². The number of carbonyl (C=O) groups is 2. The molecule has 0 unspecified atom stereocenters. The number of aromatic nitrogens is 2. The molecule has 3 atom stereocenters. The molecule has 0 saturated carbocycles.